The Kier molecular flexibility index (Phi) is 4.43. The molecular formula is C15H21NO3. The number of benzene rings is 1. The number of carbonyl (C=O) groups excluding carboxylic acids is 1. The van der Waals surface area contributed by atoms with Crippen molar-refractivity contribution in [1.29, 1.82) is 0 Å². The molecule has 19 heavy (non-hydrogen) atoms. The lowest BCUT2D eigenvalue weighted by Gasteiger charge is -2.11. The molecule has 1 atom stereocenters. The molecule has 0 bridgehead atoms. The van der Waals surface area contributed by atoms with Crippen LogP contribution in [-0.2, 0) is 11.2 Å². The van der Waals surface area contributed by atoms with E-state index in [-0.39, 0.29) is 12.0 Å². The van der Waals surface area contributed by atoms with Crippen molar-refractivity contribution in [3.8, 4) is 5.75 Å². The topological polar surface area (TPSA) is 49.8 Å². The molecule has 0 unspecified atom stereocenters. The van der Waals surface area contributed by atoms with Gasteiger partial charge in [0.15, 0.2) is 0 Å². The molecule has 1 aliphatic rings. The van der Waals surface area contributed by atoms with Crippen LogP contribution in [0.3, 0.4) is 0 Å². The Labute approximate surface area is 114 Å². The predicted octanol–water partition coefficient (Wildman–Crippen LogP) is 1.91. The fourth-order valence-corrected chi connectivity index (χ4v) is 2.30. The maximum absolute atomic E-state index is 11.4. The number of carbonyl (C=O) groups is 1. The lowest BCUT2D eigenvalue weighted by Crippen LogP contribution is -2.21. The molecule has 0 spiro atoms. The Morgan fingerprint density at radius 2 is 2.26 bits per heavy atom. The summed E-state index contributed by atoms with van der Waals surface area (Å²) in [5, 5.41) is 9.72. The van der Waals surface area contributed by atoms with E-state index in [9.17, 15) is 9.90 Å². The summed E-state index contributed by atoms with van der Waals surface area (Å²) < 4.78 is 5.64. The number of fused-ring (bicyclic) bond motifs is 1. The molecule has 2 rings (SSSR count). The van der Waals surface area contributed by atoms with Gasteiger partial charge in [-0.15, -0.1) is 0 Å². The van der Waals surface area contributed by atoms with E-state index in [1.54, 1.807) is 19.0 Å². The van der Waals surface area contributed by atoms with E-state index < -0.39 is 0 Å². The van der Waals surface area contributed by atoms with Gasteiger partial charge in [-0.3, -0.25) is 4.79 Å². The Hall–Kier alpha value is -1.55. The molecule has 104 valence electrons. The van der Waals surface area contributed by atoms with Crippen molar-refractivity contribution in [3.63, 3.8) is 0 Å². The van der Waals surface area contributed by atoms with Gasteiger partial charge in [-0.2, -0.15) is 0 Å². The Bertz CT molecular complexity index is 457. The monoisotopic (exact) mass is 263 g/mol. The van der Waals surface area contributed by atoms with Crippen molar-refractivity contribution in [2.75, 3.05) is 20.7 Å². The van der Waals surface area contributed by atoms with E-state index in [4.69, 9.17) is 4.74 Å². The highest BCUT2D eigenvalue weighted by atomic mass is 16.5. The highest BCUT2D eigenvalue weighted by Crippen LogP contribution is 2.33. The summed E-state index contributed by atoms with van der Waals surface area (Å²) in [4.78, 5) is 13.0. The third-order valence-corrected chi connectivity index (χ3v) is 3.46. The summed E-state index contributed by atoms with van der Waals surface area (Å²) in [6.45, 7) is 0.543. The number of hydrogen-bond acceptors (Lipinski definition) is 3. The van der Waals surface area contributed by atoms with Crippen LogP contribution in [0.2, 0.25) is 0 Å². The molecule has 1 amide bonds. The van der Waals surface area contributed by atoms with Crippen molar-refractivity contribution in [3.05, 3.63) is 29.3 Å². The van der Waals surface area contributed by atoms with Gasteiger partial charge < -0.3 is 14.7 Å². The van der Waals surface area contributed by atoms with E-state index in [1.807, 2.05) is 18.2 Å². The SMILES string of the molecule is CN(C)C(=O)CCCOc1ccc2c(c1)CC[C@H]2O. The minimum Gasteiger partial charge on any atom is -0.494 e. The maximum atomic E-state index is 11.4. The molecular weight excluding hydrogens is 242 g/mol. The zero-order valence-corrected chi connectivity index (χ0v) is 11.6. The largest absolute Gasteiger partial charge is 0.494 e. The highest BCUT2D eigenvalue weighted by molar-refractivity contribution is 5.75. The van der Waals surface area contributed by atoms with Gasteiger partial charge in [0.25, 0.3) is 0 Å². The molecule has 0 aliphatic heterocycles. The van der Waals surface area contributed by atoms with E-state index in [0.29, 0.717) is 13.0 Å². The van der Waals surface area contributed by atoms with Gasteiger partial charge in [-0.05, 0) is 42.5 Å². The first kappa shape index (κ1) is 13.9. The number of aliphatic hydroxyl groups excluding tert-OH is 1. The number of aliphatic hydroxyl groups is 1. The van der Waals surface area contributed by atoms with Gasteiger partial charge in [-0.1, -0.05) is 6.07 Å². The summed E-state index contributed by atoms with van der Waals surface area (Å²) in [6.07, 6.45) is 2.62. The molecule has 0 heterocycles. The summed E-state index contributed by atoms with van der Waals surface area (Å²) >= 11 is 0. The average molecular weight is 263 g/mol. The van der Waals surface area contributed by atoms with E-state index in [2.05, 4.69) is 0 Å². The lowest BCUT2D eigenvalue weighted by atomic mass is 10.1. The summed E-state index contributed by atoms with van der Waals surface area (Å²) in [5.41, 5.74) is 2.20. The van der Waals surface area contributed by atoms with Gasteiger partial charge in [0.1, 0.15) is 5.75 Å². The van der Waals surface area contributed by atoms with Gasteiger partial charge >= 0.3 is 0 Å². The predicted molar refractivity (Wildman–Crippen MR) is 73.1 cm³/mol. The highest BCUT2D eigenvalue weighted by Gasteiger charge is 2.20. The quantitative estimate of drug-likeness (QED) is 0.826. The van der Waals surface area contributed by atoms with Crippen LogP contribution < -0.4 is 4.74 Å². The third kappa shape index (κ3) is 3.47. The minimum absolute atomic E-state index is 0.126. The molecule has 0 saturated heterocycles. The second-order valence-electron chi connectivity index (χ2n) is 5.16. The Balaban J connectivity index is 1.80. The minimum atomic E-state index is -0.318. The molecule has 1 N–H and O–H groups in total. The summed E-state index contributed by atoms with van der Waals surface area (Å²) in [7, 11) is 3.52. The molecule has 4 heteroatoms. The van der Waals surface area contributed by atoms with Crippen LogP contribution >= 0.6 is 0 Å². The van der Waals surface area contributed by atoms with Crippen molar-refractivity contribution in [1.82, 2.24) is 4.90 Å². The number of hydrogen-bond donors (Lipinski definition) is 1. The second-order valence-corrected chi connectivity index (χ2v) is 5.16. The summed E-state index contributed by atoms with van der Waals surface area (Å²) in [5.74, 6) is 0.950. The second kappa shape index (κ2) is 6.06. The smallest absolute Gasteiger partial charge is 0.222 e. The fraction of sp³-hybridized carbons (Fsp3) is 0.533. The average Bonchev–Trinajstić information content (AvgIpc) is 2.75. The van der Waals surface area contributed by atoms with Crippen LogP contribution in [0.5, 0.6) is 5.75 Å². The van der Waals surface area contributed by atoms with Gasteiger partial charge in [0.05, 0.1) is 12.7 Å². The first-order valence-corrected chi connectivity index (χ1v) is 6.72. The standard InChI is InChI=1S/C15H21NO3/c1-16(2)15(18)4-3-9-19-12-6-7-13-11(10-12)5-8-14(13)17/h6-7,10,14,17H,3-5,8-9H2,1-2H3/t14-/m1/s1. The van der Waals surface area contributed by atoms with Crippen molar-refractivity contribution in [2.45, 2.75) is 31.8 Å². The van der Waals surface area contributed by atoms with Crippen LogP contribution in [0.4, 0.5) is 0 Å². The number of amides is 1. The number of ether oxygens (including phenoxy) is 1. The first-order valence-electron chi connectivity index (χ1n) is 6.72. The molecule has 1 aromatic rings. The van der Waals surface area contributed by atoms with Crippen LogP contribution in [-0.4, -0.2) is 36.6 Å². The fourth-order valence-electron chi connectivity index (χ4n) is 2.30. The third-order valence-electron chi connectivity index (χ3n) is 3.46. The van der Waals surface area contributed by atoms with E-state index >= 15 is 0 Å². The molecule has 0 fully saturated rings. The molecule has 1 aliphatic carbocycles. The van der Waals surface area contributed by atoms with Crippen LogP contribution in [0, 0.1) is 0 Å². The van der Waals surface area contributed by atoms with E-state index in [1.165, 1.54) is 5.56 Å². The van der Waals surface area contributed by atoms with Gasteiger partial charge in [0.2, 0.25) is 5.91 Å². The molecule has 1 aromatic carbocycles. The number of aryl methyl sites for hydroxylation is 1. The zero-order valence-electron chi connectivity index (χ0n) is 11.6. The van der Waals surface area contributed by atoms with E-state index in [0.717, 1.165) is 30.6 Å². The van der Waals surface area contributed by atoms with Crippen molar-refractivity contribution >= 4 is 5.91 Å². The number of nitrogens with zero attached hydrogens (tertiary/aromatic N) is 1. The van der Waals surface area contributed by atoms with Crippen LogP contribution in [0.1, 0.15) is 36.5 Å². The van der Waals surface area contributed by atoms with Crippen LogP contribution in [0.15, 0.2) is 18.2 Å². The lowest BCUT2D eigenvalue weighted by molar-refractivity contribution is -0.128. The molecule has 0 saturated carbocycles. The van der Waals surface area contributed by atoms with Crippen LogP contribution in [0.25, 0.3) is 0 Å². The maximum Gasteiger partial charge on any atom is 0.222 e. The molecule has 4 nitrogen and oxygen atoms in total. The Morgan fingerprint density at radius 1 is 1.47 bits per heavy atom. The number of rotatable bonds is 5. The molecule has 0 radical (unpaired) electrons. The normalized spacial score (nSPS) is 17.1. The summed E-state index contributed by atoms with van der Waals surface area (Å²) in [6, 6.07) is 5.83. The van der Waals surface area contributed by atoms with Crippen molar-refractivity contribution in [2.24, 2.45) is 0 Å². The first-order chi connectivity index (χ1) is 9.08. The van der Waals surface area contributed by atoms with Gasteiger partial charge in [0, 0.05) is 20.5 Å². The van der Waals surface area contributed by atoms with Crippen molar-refractivity contribution < 1.29 is 14.6 Å². The Morgan fingerprint density at radius 3 is 3.00 bits per heavy atom. The molecule has 0 aromatic heterocycles. The zero-order chi connectivity index (χ0) is 13.8. The van der Waals surface area contributed by atoms with Gasteiger partial charge in [-0.25, -0.2) is 0 Å².